The van der Waals surface area contributed by atoms with Gasteiger partial charge in [0.2, 0.25) is 0 Å². The van der Waals surface area contributed by atoms with E-state index in [0.717, 1.165) is 10.7 Å². The van der Waals surface area contributed by atoms with E-state index in [1.54, 1.807) is 42.5 Å². The molecule has 2 aromatic carbocycles. The third-order valence-electron chi connectivity index (χ3n) is 2.93. The van der Waals surface area contributed by atoms with Crippen LogP contribution in [0.25, 0.3) is 0 Å². The topological polar surface area (TPSA) is 92.9 Å². The third-order valence-corrected chi connectivity index (χ3v) is 3.80. The number of nitrogens with two attached hydrogens (primary N) is 1. The van der Waals surface area contributed by atoms with Crippen molar-refractivity contribution in [3.63, 3.8) is 0 Å². The van der Waals surface area contributed by atoms with Crippen LogP contribution < -0.4 is 14.8 Å². The molecule has 0 atom stereocenters. The SMILES string of the molecule is CCCOc1ccc(N(c2ccccc2N)S(=O)(=O)O)cc1. The van der Waals surface area contributed by atoms with Crippen molar-refractivity contribution in [2.75, 3.05) is 16.6 Å². The second-order valence-corrected chi connectivity index (χ2v) is 5.90. The number of benzene rings is 2. The molecule has 7 heteroatoms. The van der Waals surface area contributed by atoms with Crippen molar-refractivity contribution >= 4 is 27.4 Å². The lowest BCUT2D eigenvalue weighted by Gasteiger charge is -2.22. The summed E-state index contributed by atoms with van der Waals surface area (Å²) in [6.07, 6.45) is 0.874. The predicted octanol–water partition coefficient (Wildman–Crippen LogP) is 3.00. The van der Waals surface area contributed by atoms with Crippen molar-refractivity contribution < 1.29 is 17.7 Å². The van der Waals surface area contributed by atoms with Crippen LogP contribution in [0, 0.1) is 0 Å². The van der Waals surface area contributed by atoms with Crippen molar-refractivity contribution in [2.24, 2.45) is 0 Å². The van der Waals surface area contributed by atoms with Gasteiger partial charge >= 0.3 is 10.3 Å². The first-order valence-corrected chi connectivity index (χ1v) is 8.18. The molecule has 2 rings (SSSR count). The van der Waals surface area contributed by atoms with Crippen molar-refractivity contribution in [1.29, 1.82) is 0 Å². The summed E-state index contributed by atoms with van der Waals surface area (Å²) in [6.45, 7) is 2.57. The summed E-state index contributed by atoms with van der Waals surface area (Å²) < 4.78 is 39.2. The number of para-hydroxylation sites is 2. The lowest BCUT2D eigenvalue weighted by molar-refractivity contribution is 0.317. The lowest BCUT2D eigenvalue weighted by Crippen LogP contribution is -2.25. The Hall–Kier alpha value is -2.25. The average Bonchev–Trinajstić information content (AvgIpc) is 2.47. The van der Waals surface area contributed by atoms with Gasteiger partial charge in [-0.25, -0.2) is 4.31 Å². The smallest absolute Gasteiger partial charge is 0.364 e. The Morgan fingerprint density at radius 1 is 1.14 bits per heavy atom. The largest absolute Gasteiger partial charge is 0.494 e. The summed E-state index contributed by atoms with van der Waals surface area (Å²) in [5.74, 6) is 0.627. The van der Waals surface area contributed by atoms with Gasteiger partial charge in [0.25, 0.3) is 0 Å². The average molecular weight is 322 g/mol. The first kappa shape index (κ1) is 16.1. The first-order chi connectivity index (χ1) is 10.4. The van der Waals surface area contributed by atoms with E-state index >= 15 is 0 Å². The molecule has 0 aliphatic heterocycles. The number of rotatable bonds is 6. The maximum atomic E-state index is 11.7. The summed E-state index contributed by atoms with van der Waals surface area (Å²) in [6, 6.07) is 12.8. The number of anilines is 3. The maximum absolute atomic E-state index is 11.7. The minimum atomic E-state index is -4.51. The van der Waals surface area contributed by atoms with Crippen LogP contribution in [-0.4, -0.2) is 19.6 Å². The van der Waals surface area contributed by atoms with Crippen LogP contribution in [0.4, 0.5) is 17.1 Å². The molecule has 0 fully saturated rings. The maximum Gasteiger partial charge on any atom is 0.364 e. The van der Waals surface area contributed by atoms with Gasteiger partial charge in [-0.05, 0) is 42.8 Å². The van der Waals surface area contributed by atoms with Gasteiger partial charge in [-0.2, -0.15) is 8.42 Å². The fraction of sp³-hybridized carbons (Fsp3) is 0.200. The number of nitrogens with zero attached hydrogens (tertiary/aromatic N) is 1. The highest BCUT2D eigenvalue weighted by molar-refractivity contribution is 7.87. The second kappa shape index (κ2) is 6.67. The summed E-state index contributed by atoms with van der Waals surface area (Å²) in [7, 11) is -4.51. The van der Waals surface area contributed by atoms with Crippen LogP contribution in [0.2, 0.25) is 0 Å². The molecule has 22 heavy (non-hydrogen) atoms. The molecule has 0 saturated carbocycles. The van der Waals surface area contributed by atoms with Crippen LogP contribution in [0.15, 0.2) is 48.5 Å². The lowest BCUT2D eigenvalue weighted by atomic mass is 10.2. The first-order valence-electron chi connectivity index (χ1n) is 6.78. The Morgan fingerprint density at radius 3 is 2.32 bits per heavy atom. The number of nitrogen functional groups attached to an aromatic ring is 1. The van der Waals surface area contributed by atoms with Gasteiger partial charge < -0.3 is 10.5 Å². The van der Waals surface area contributed by atoms with E-state index in [2.05, 4.69) is 0 Å². The van der Waals surface area contributed by atoms with Crippen LogP contribution in [-0.2, 0) is 10.3 Å². The van der Waals surface area contributed by atoms with Crippen molar-refractivity contribution in [3.05, 3.63) is 48.5 Å². The van der Waals surface area contributed by atoms with E-state index in [1.165, 1.54) is 6.07 Å². The van der Waals surface area contributed by atoms with Gasteiger partial charge in [-0.1, -0.05) is 19.1 Å². The molecule has 118 valence electrons. The number of hydrogen-bond acceptors (Lipinski definition) is 4. The Bertz CT molecular complexity index is 729. The number of ether oxygens (including phenoxy) is 1. The molecule has 0 spiro atoms. The van der Waals surface area contributed by atoms with E-state index in [-0.39, 0.29) is 17.1 Å². The van der Waals surface area contributed by atoms with E-state index in [1.807, 2.05) is 6.92 Å². The third kappa shape index (κ3) is 3.69. The van der Waals surface area contributed by atoms with E-state index < -0.39 is 10.3 Å². The molecule has 0 bridgehead atoms. The van der Waals surface area contributed by atoms with Crippen molar-refractivity contribution in [1.82, 2.24) is 0 Å². The Balaban J connectivity index is 2.41. The summed E-state index contributed by atoms with van der Waals surface area (Å²) in [4.78, 5) is 0. The molecule has 0 aliphatic rings. The molecule has 0 heterocycles. The molecule has 0 unspecified atom stereocenters. The fourth-order valence-corrected chi connectivity index (χ4v) is 2.77. The Labute approximate surface area is 130 Å². The van der Waals surface area contributed by atoms with E-state index in [9.17, 15) is 13.0 Å². The zero-order valence-electron chi connectivity index (χ0n) is 12.1. The van der Waals surface area contributed by atoms with Crippen molar-refractivity contribution in [2.45, 2.75) is 13.3 Å². The molecule has 0 aromatic heterocycles. The van der Waals surface area contributed by atoms with Gasteiger partial charge in [0.1, 0.15) is 5.75 Å². The highest BCUT2D eigenvalue weighted by Gasteiger charge is 2.23. The van der Waals surface area contributed by atoms with Crippen LogP contribution in [0.5, 0.6) is 5.75 Å². The molecule has 0 saturated heterocycles. The van der Waals surface area contributed by atoms with Crippen molar-refractivity contribution in [3.8, 4) is 5.75 Å². The van der Waals surface area contributed by atoms with E-state index in [0.29, 0.717) is 12.4 Å². The molecule has 6 nitrogen and oxygen atoms in total. The quantitative estimate of drug-likeness (QED) is 0.630. The van der Waals surface area contributed by atoms with E-state index in [4.69, 9.17) is 10.5 Å². The molecular formula is C15H18N2O4S. The molecule has 0 aliphatic carbocycles. The van der Waals surface area contributed by atoms with Crippen LogP contribution in [0.1, 0.15) is 13.3 Å². The van der Waals surface area contributed by atoms with Gasteiger partial charge in [0.15, 0.2) is 0 Å². The van der Waals surface area contributed by atoms with Gasteiger partial charge in [-0.3, -0.25) is 4.55 Å². The summed E-state index contributed by atoms with van der Waals surface area (Å²) in [5.41, 5.74) is 6.51. The van der Waals surface area contributed by atoms with Gasteiger partial charge in [-0.15, -0.1) is 0 Å². The fourth-order valence-electron chi connectivity index (χ4n) is 1.97. The molecule has 2 aromatic rings. The van der Waals surface area contributed by atoms with Gasteiger partial charge in [0.05, 0.1) is 23.7 Å². The molecular weight excluding hydrogens is 304 g/mol. The van der Waals surface area contributed by atoms with Crippen LogP contribution in [0.3, 0.4) is 0 Å². The zero-order valence-corrected chi connectivity index (χ0v) is 13.0. The molecule has 0 radical (unpaired) electrons. The standard InChI is InChI=1S/C15H18N2O4S/c1-2-11-21-13-9-7-12(8-10-13)17(22(18,19)20)15-6-4-3-5-14(15)16/h3-10H,2,11,16H2,1H3,(H,18,19,20). The zero-order chi connectivity index (χ0) is 16.2. The molecule has 0 amide bonds. The highest BCUT2D eigenvalue weighted by atomic mass is 32.2. The highest BCUT2D eigenvalue weighted by Crippen LogP contribution is 2.33. The Kier molecular flexibility index (Phi) is 4.89. The Morgan fingerprint density at radius 2 is 1.77 bits per heavy atom. The predicted molar refractivity (Wildman–Crippen MR) is 86.8 cm³/mol. The summed E-state index contributed by atoms with van der Waals surface area (Å²) >= 11 is 0. The second-order valence-electron chi connectivity index (χ2n) is 4.64. The monoisotopic (exact) mass is 322 g/mol. The normalized spacial score (nSPS) is 11.2. The number of hydrogen-bond donors (Lipinski definition) is 2. The minimum absolute atomic E-state index is 0.187. The van der Waals surface area contributed by atoms with Gasteiger partial charge in [0, 0.05) is 0 Å². The summed E-state index contributed by atoms with van der Waals surface area (Å²) in [5, 5.41) is 0. The molecule has 3 N–H and O–H groups in total. The van der Waals surface area contributed by atoms with Crippen LogP contribution >= 0.6 is 0 Å². The minimum Gasteiger partial charge on any atom is -0.494 e.